The molecule has 4 nitrogen and oxygen atoms in total. The lowest BCUT2D eigenvalue weighted by Gasteiger charge is -2.34. The largest absolute Gasteiger partial charge is 0.465 e. The third-order valence-electron chi connectivity index (χ3n) is 3.70. The van der Waals surface area contributed by atoms with E-state index in [1.54, 1.807) is 7.05 Å². The molecule has 4 heteroatoms. The van der Waals surface area contributed by atoms with Crippen molar-refractivity contribution in [1.82, 2.24) is 5.32 Å². The number of ether oxygens (including phenoxy) is 2. The smallest absolute Gasteiger partial charge is 0.325 e. The second kappa shape index (κ2) is 7.10. The summed E-state index contributed by atoms with van der Waals surface area (Å²) in [6.45, 7) is 7.24. The summed E-state index contributed by atoms with van der Waals surface area (Å²) < 4.78 is 10.8. The Balaban J connectivity index is 2.29. The van der Waals surface area contributed by atoms with Crippen LogP contribution < -0.4 is 5.32 Å². The molecule has 106 valence electrons. The van der Waals surface area contributed by atoms with Gasteiger partial charge >= 0.3 is 5.97 Å². The Hall–Kier alpha value is -0.610. The third kappa shape index (κ3) is 4.94. The Morgan fingerprint density at radius 1 is 1.39 bits per heavy atom. The molecule has 0 aliphatic heterocycles. The van der Waals surface area contributed by atoms with Gasteiger partial charge in [0.05, 0.1) is 19.3 Å². The van der Waals surface area contributed by atoms with Gasteiger partial charge in [-0.05, 0) is 45.1 Å². The van der Waals surface area contributed by atoms with Crippen LogP contribution in [0.2, 0.25) is 0 Å². The third-order valence-corrected chi connectivity index (χ3v) is 3.70. The zero-order valence-electron chi connectivity index (χ0n) is 12.1. The van der Waals surface area contributed by atoms with E-state index in [1.807, 2.05) is 6.92 Å². The Labute approximate surface area is 110 Å². The van der Waals surface area contributed by atoms with Gasteiger partial charge in [-0.3, -0.25) is 4.79 Å². The molecule has 1 unspecified atom stereocenters. The summed E-state index contributed by atoms with van der Waals surface area (Å²) >= 11 is 0. The van der Waals surface area contributed by atoms with E-state index in [0.717, 1.165) is 12.8 Å². The monoisotopic (exact) mass is 257 g/mol. The fraction of sp³-hybridized carbons (Fsp3) is 0.929. The maximum atomic E-state index is 11.6. The second-order valence-corrected chi connectivity index (χ2v) is 5.79. The Morgan fingerprint density at radius 2 is 2.00 bits per heavy atom. The van der Waals surface area contributed by atoms with Crippen LogP contribution >= 0.6 is 0 Å². The summed E-state index contributed by atoms with van der Waals surface area (Å²) in [5, 5.41) is 2.94. The van der Waals surface area contributed by atoms with Gasteiger partial charge in [-0.2, -0.15) is 0 Å². The van der Waals surface area contributed by atoms with Gasteiger partial charge in [0.25, 0.3) is 0 Å². The predicted octanol–water partition coefficient (Wildman–Crippen LogP) is 2.12. The maximum Gasteiger partial charge on any atom is 0.325 e. The van der Waals surface area contributed by atoms with E-state index in [1.165, 1.54) is 12.8 Å². The van der Waals surface area contributed by atoms with E-state index >= 15 is 0 Å². The molecule has 1 rings (SSSR count). The minimum absolute atomic E-state index is 0.226. The molecular formula is C14H27NO3. The van der Waals surface area contributed by atoms with Crippen molar-refractivity contribution in [2.45, 2.75) is 58.6 Å². The molecule has 0 heterocycles. The Bertz CT molecular complexity index is 256. The molecule has 0 aromatic rings. The summed E-state index contributed by atoms with van der Waals surface area (Å²) in [6.07, 6.45) is 4.87. The summed E-state index contributed by atoms with van der Waals surface area (Å²) in [5.74, 6) is -0.226. The Morgan fingerprint density at radius 3 is 2.50 bits per heavy atom. The van der Waals surface area contributed by atoms with Gasteiger partial charge in [-0.25, -0.2) is 0 Å². The van der Waals surface area contributed by atoms with Gasteiger partial charge in [0, 0.05) is 0 Å². The lowest BCUT2D eigenvalue weighted by Crippen LogP contribution is -2.41. The van der Waals surface area contributed by atoms with Crippen LogP contribution in [0, 0.1) is 5.41 Å². The summed E-state index contributed by atoms with van der Waals surface area (Å²) in [5.41, 5.74) is 0.448. The Kier molecular flexibility index (Phi) is 6.09. The summed E-state index contributed by atoms with van der Waals surface area (Å²) in [4.78, 5) is 11.6. The van der Waals surface area contributed by atoms with E-state index in [4.69, 9.17) is 9.47 Å². The van der Waals surface area contributed by atoms with Crippen LogP contribution in [-0.2, 0) is 14.3 Å². The zero-order chi connectivity index (χ0) is 13.6. The van der Waals surface area contributed by atoms with Crippen molar-refractivity contribution in [2.24, 2.45) is 5.41 Å². The second-order valence-electron chi connectivity index (χ2n) is 5.79. The number of nitrogens with one attached hydrogen (secondary N) is 1. The highest BCUT2D eigenvalue weighted by Crippen LogP contribution is 2.36. The average Bonchev–Trinajstić information content (AvgIpc) is 2.32. The minimum atomic E-state index is -0.347. The molecule has 1 aliphatic rings. The van der Waals surface area contributed by atoms with Crippen LogP contribution in [-0.4, -0.2) is 38.4 Å². The van der Waals surface area contributed by atoms with Crippen molar-refractivity contribution < 1.29 is 14.3 Å². The standard InChI is InChI=1S/C14H27NO3/c1-5-17-13(16)12(15-4)10-18-11-6-8-14(2,3)9-7-11/h11-12,15H,5-10H2,1-4H3. The predicted molar refractivity (Wildman–Crippen MR) is 71.5 cm³/mol. The molecule has 1 aliphatic carbocycles. The van der Waals surface area contributed by atoms with Crippen molar-refractivity contribution in [3.8, 4) is 0 Å². The first-order chi connectivity index (χ1) is 8.48. The number of hydrogen-bond acceptors (Lipinski definition) is 4. The highest BCUT2D eigenvalue weighted by Gasteiger charge is 2.28. The lowest BCUT2D eigenvalue weighted by molar-refractivity contribution is -0.148. The number of hydrogen-bond donors (Lipinski definition) is 1. The van der Waals surface area contributed by atoms with Crippen LogP contribution in [0.3, 0.4) is 0 Å². The maximum absolute atomic E-state index is 11.6. The van der Waals surface area contributed by atoms with Crippen molar-refractivity contribution >= 4 is 5.97 Å². The first-order valence-electron chi connectivity index (χ1n) is 6.94. The topological polar surface area (TPSA) is 47.6 Å². The van der Waals surface area contributed by atoms with Crippen molar-refractivity contribution in [3.63, 3.8) is 0 Å². The molecule has 1 fully saturated rings. The highest BCUT2D eigenvalue weighted by molar-refractivity contribution is 5.75. The normalized spacial score (nSPS) is 21.6. The fourth-order valence-electron chi connectivity index (χ4n) is 2.28. The van der Waals surface area contributed by atoms with E-state index in [9.17, 15) is 4.79 Å². The van der Waals surface area contributed by atoms with Crippen LogP contribution in [0.25, 0.3) is 0 Å². The number of carbonyl (C=O) groups excluding carboxylic acids is 1. The molecule has 0 spiro atoms. The molecule has 0 aromatic carbocycles. The highest BCUT2D eigenvalue weighted by atomic mass is 16.5. The summed E-state index contributed by atoms with van der Waals surface area (Å²) in [6, 6.07) is -0.347. The molecule has 0 saturated heterocycles. The van der Waals surface area contributed by atoms with Gasteiger partial charge in [0.1, 0.15) is 6.04 Å². The molecule has 1 atom stereocenters. The van der Waals surface area contributed by atoms with Crippen molar-refractivity contribution in [2.75, 3.05) is 20.3 Å². The molecule has 0 radical (unpaired) electrons. The molecule has 0 aromatic heterocycles. The van der Waals surface area contributed by atoms with Crippen LogP contribution in [0.5, 0.6) is 0 Å². The SMILES string of the molecule is CCOC(=O)C(COC1CCC(C)(C)CC1)NC. The van der Waals surface area contributed by atoms with Crippen molar-refractivity contribution in [3.05, 3.63) is 0 Å². The lowest BCUT2D eigenvalue weighted by atomic mass is 9.76. The number of rotatable bonds is 6. The molecule has 0 bridgehead atoms. The zero-order valence-corrected chi connectivity index (χ0v) is 12.1. The minimum Gasteiger partial charge on any atom is -0.465 e. The summed E-state index contributed by atoms with van der Waals surface area (Å²) in [7, 11) is 1.76. The molecule has 18 heavy (non-hydrogen) atoms. The van der Waals surface area contributed by atoms with Gasteiger partial charge < -0.3 is 14.8 Å². The van der Waals surface area contributed by atoms with Crippen molar-refractivity contribution in [1.29, 1.82) is 0 Å². The van der Waals surface area contributed by atoms with Gasteiger partial charge in [0.15, 0.2) is 0 Å². The molecule has 0 amide bonds. The first-order valence-corrected chi connectivity index (χ1v) is 6.94. The number of carbonyl (C=O) groups is 1. The first kappa shape index (κ1) is 15.4. The number of esters is 1. The van der Waals surface area contributed by atoms with Crippen LogP contribution in [0.4, 0.5) is 0 Å². The molecular weight excluding hydrogens is 230 g/mol. The van der Waals surface area contributed by atoms with E-state index in [2.05, 4.69) is 19.2 Å². The van der Waals surface area contributed by atoms with E-state index in [-0.39, 0.29) is 12.0 Å². The fourth-order valence-corrected chi connectivity index (χ4v) is 2.28. The van der Waals surface area contributed by atoms with E-state index < -0.39 is 0 Å². The molecule has 1 saturated carbocycles. The van der Waals surface area contributed by atoms with Gasteiger partial charge in [-0.1, -0.05) is 13.8 Å². The molecule has 1 N–H and O–H groups in total. The number of likely N-dealkylation sites (N-methyl/N-ethyl adjacent to an activating group) is 1. The average molecular weight is 257 g/mol. The quantitative estimate of drug-likeness (QED) is 0.740. The van der Waals surface area contributed by atoms with Gasteiger partial charge in [0.2, 0.25) is 0 Å². The van der Waals surface area contributed by atoms with Crippen LogP contribution in [0.1, 0.15) is 46.5 Å². The van der Waals surface area contributed by atoms with Crippen LogP contribution in [0.15, 0.2) is 0 Å². The van der Waals surface area contributed by atoms with Gasteiger partial charge in [-0.15, -0.1) is 0 Å². The van der Waals surface area contributed by atoms with E-state index in [0.29, 0.717) is 24.7 Å².